The van der Waals surface area contributed by atoms with E-state index in [4.69, 9.17) is 0 Å². The molecule has 0 amide bonds. The molecular formula is C21H19BrN2. The van der Waals surface area contributed by atoms with Crippen LogP contribution in [0.5, 0.6) is 0 Å². The molecule has 0 radical (unpaired) electrons. The second-order valence-electron chi connectivity index (χ2n) is 6.97. The van der Waals surface area contributed by atoms with E-state index in [9.17, 15) is 0 Å². The SMILES string of the molecule is Brc1ccc2c(NC3CC4CCCc5cccc3c54)nccc2c1. The molecule has 2 aromatic carbocycles. The highest BCUT2D eigenvalue weighted by Gasteiger charge is 2.34. The van der Waals surface area contributed by atoms with E-state index < -0.39 is 0 Å². The number of rotatable bonds is 2. The number of hydrogen-bond acceptors (Lipinski definition) is 2. The molecule has 2 nitrogen and oxygen atoms in total. The zero-order valence-corrected chi connectivity index (χ0v) is 15.0. The van der Waals surface area contributed by atoms with Crippen LogP contribution in [0.1, 0.15) is 47.9 Å². The third-order valence-electron chi connectivity index (χ3n) is 5.57. The molecule has 3 aromatic rings. The summed E-state index contributed by atoms with van der Waals surface area (Å²) in [4.78, 5) is 4.64. The van der Waals surface area contributed by atoms with E-state index in [2.05, 4.69) is 68.7 Å². The van der Waals surface area contributed by atoms with Crippen LogP contribution in [0, 0.1) is 0 Å². The fraction of sp³-hybridized carbons (Fsp3) is 0.286. The zero-order chi connectivity index (χ0) is 16.1. The van der Waals surface area contributed by atoms with Gasteiger partial charge in [0.25, 0.3) is 0 Å². The Morgan fingerprint density at radius 3 is 3.04 bits per heavy atom. The maximum Gasteiger partial charge on any atom is 0.134 e. The fourth-order valence-electron chi connectivity index (χ4n) is 4.55. The normalized spacial score (nSPS) is 21.7. The standard InChI is InChI=1S/C21H19BrN2/c22-16-7-8-17-14(11-16)9-10-23-21(17)24-19-12-15-5-1-3-13-4-2-6-18(19)20(13)15/h2,4,6-11,15,19H,1,3,5,12H2,(H,23,24). The van der Waals surface area contributed by atoms with Crippen LogP contribution in [-0.2, 0) is 6.42 Å². The number of pyridine rings is 1. The highest BCUT2D eigenvalue weighted by Crippen LogP contribution is 2.48. The van der Waals surface area contributed by atoms with Crippen molar-refractivity contribution >= 4 is 32.5 Å². The number of nitrogens with one attached hydrogen (secondary N) is 1. The molecule has 1 aromatic heterocycles. The van der Waals surface area contributed by atoms with Gasteiger partial charge >= 0.3 is 0 Å². The molecule has 2 unspecified atom stereocenters. The molecule has 1 N–H and O–H groups in total. The van der Waals surface area contributed by atoms with Crippen LogP contribution in [0.25, 0.3) is 10.8 Å². The summed E-state index contributed by atoms with van der Waals surface area (Å²) < 4.78 is 1.11. The monoisotopic (exact) mass is 378 g/mol. The Kier molecular flexibility index (Phi) is 3.37. The fourth-order valence-corrected chi connectivity index (χ4v) is 4.93. The lowest BCUT2D eigenvalue weighted by molar-refractivity contribution is 0.534. The predicted octanol–water partition coefficient (Wildman–Crippen LogP) is 5.97. The smallest absolute Gasteiger partial charge is 0.134 e. The number of anilines is 1. The molecule has 0 spiro atoms. The van der Waals surface area contributed by atoms with E-state index in [1.807, 2.05) is 6.20 Å². The molecular weight excluding hydrogens is 360 g/mol. The number of nitrogens with zero attached hydrogens (tertiary/aromatic N) is 1. The Morgan fingerprint density at radius 1 is 1.12 bits per heavy atom. The molecule has 0 saturated carbocycles. The average Bonchev–Trinajstić information content (AvgIpc) is 2.95. The molecule has 0 bridgehead atoms. The van der Waals surface area contributed by atoms with Crippen molar-refractivity contribution in [2.75, 3.05) is 5.32 Å². The third kappa shape index (κ3) is 2.26. The van der Waals surface area contributed by atoms with Gasteiger partial charge in [-0.05, 0) is 77.9 Å². The van der Waals surface area contributed by atoms with Crippen LogP contribution >= 0.6 is 15.9 Å². The van der Waals surface area contributed by atoms with E-state index in [0.717, 1.165) is 16.2 Å². The summed E-state index contributed by atoms with van der Waals surface area (Å²) in [6.45, 7) is 0. The van der Waals surface area contributed by atoms with Gasteiger partial charge in [0.05, 0.1) is 6.04 Å². The van der Waals surface area contributed by atoms with Gasteiger partial charge in [-0.1, -0.05) is 34.1 Å². The predicted molar refractivity (Wildman–Crippen MR) is 103 cm³/mol. The van der Waals surface area contributed by atoms with E-state index in [1.165, 1.54) is 42.0 Å². The van der Waals surface area contributed by atoms with E-state index in [0.29, 0.717) is 6.04 Å². The van der Waals surface area contributed by atoms with Gasteiger partial charge in [-0.3, -0.25) is 0 Å². The Labute approximate surface area is 150 Å². The van der Waals surface area contributed by atoms with Crippen molar-refractivity contribution in [2.45, 2.75) is 37.6 Å². The van der Waals surface area contributed by atoms with Crippen LogP contribution < -0.4 is 5.32 Å². The molecule has 1 heterocycles. The molecule has 5 rings (SSSR count). The number of fused-ring (bicyclic) bond motifs is 1. The first-order valence-electron chi connectivity index (χ1n) is 8.72. The lowest BCUT2D eigenvalue weighted by atomic mass is 9.84. The van der Waals surface area contributed by atoms with Crippen LogP contribution in [0.3, 0.4) is 0 Å². The van der Waals surface area contributed by atoms with Crippen molar-refractivity contribution < 1.29 is 0 Å². The van der Waals surface area contributed by atoms with E-state index >= 15 is 0 Å². The van der Waals surface area contributed by atoms with Crippen LogP contribution in [0.2, 0.25) is 0 Å². The quantitative estimate of drug-likeness (QED) is 0.593. The number of aromatic nitrogens is 1. The molecule has 0 fully saturated rings. The number of benzene rings is 2. The maximum absolute atomic E-state index is 4.64. The van der Waals surface area contributed by atoms with Gasteiger partial charge in [0.2, 0.25) is 0 Å². The van der Waals surface area contributed by atoms with Crippen LogP contribution in [0.4, 0.5) is 5.82 Å². The minimum atomic E-state index is 0.379. The second kappa shape index (κ2) is 5.59. The first-order valence-corrected chi connectivity index (χ1v) is 9.51. The van der Waals surface area contributed by atoms with Gasteiger partial charge in [-0.25, -0.2) is 4.98 Å². The summed E-state index contributed by atoms with van der Waals surface area (Å²) in [5.41, 5.74) is 4.69. The molecule has 2 aliphatic rings. The molecule has 24 heavy (non-hydrogen) atoms. The summed E-state index contributed by atoms with van der Waals surface area (Å²) in [7, 11) is 0. The Morgan fingerprint density at radius 2 is 2.08 bits per heavy atom. The largest absolute Gasteiger partial charge is 0.363 e. The lowest BCUT2D eigenvalue weighted by Crippen LogP contribution is -2.09. The van der Waals surface area contributed by atoms with Gasteiger partial charge in [0.1, 0.15) is 5.82 Å². The Balaban J connectivity index is 1.55. The zero-order valence-electron chi connectivity index (χ0n) is 13.4. The highest BCUT2D eigenvalue weighted by atomic mass is 79.9. The maximum atomic E-state index is 4.64. The van der Waals surface area contributed by atoms with Crippen molar-refractivity contribution in [1.29, 1.82) is 0 Å². The topological polar surface area (TPSA) is 24.9 Å². The van der Waals surface area contributed by atoms with Crippen molar-refractivity contribution in [1.82, 2.24) is 4.98 Å². The average molecular weight is 379 g/mol. The molecule has 2 atom stereocenters. The van der Waals surface area contributed by atoms with Crippen LogP contribution in [-0.4, -0.2) is 4.98 Å². The number of hydrogen-bond donors (Lipinski definition) is 1. The summed E-state index contributed by atoms with van der Waals surface area (Å²) in [6, 6.07) is 15.7. The Hall–Kier alpha value is -1.87. The summed E-state index contributed by atoms with van der Waals surface area (Å²) in [5, 5.41) is 6.16. The molecule has 0 saturated heterocycles. The molecule has 0 aliphatic heterocycles. The number of halogens is 1. The minimum absolute atomic E-state index is 0.379. The van der Waals surface area contributed by atoms with Crippen molar-refractivity contribution in [2.24, 2.45) is 0 Å². The first kappa shape index (κ1) is 14.5. The van der Waals surface area contributed by atoms with E-state index in [-0.39, 0.29) is 0 Å². The molecule has 2 aliphatic carbocycles. The number of aryl methyl sites for hydroxylation is 1. The third-order valence-corrected chi connectivity index (χ3v) is 6.06. The van der Waals surface area contributed by atoms with E-state index in [1.54, 1.807) is 11.1 Å². The summed E-state index contributed by atoms with van der Waals surface area (Å²) in [5.74, 6) is 1.73. The van der Waals surface area contributed by atoms with Crippen LogP contribution in [0.15, 0.2) is 53.1 Å². The van der Waals surface area contributed by atoms with Crippen molar-refractivity contribution in [3.05, 3.63) is 69.8 Å². The Bertz CT molecular complexity index is 934. The minimum Gasteiger partial charge on any atom is -0.363 e. The van der Waals surface area contributed by atoms with Crippen molar-refractivity contribution in [3.8, 4) is 0 Å². The molecule has 120 valence electrons. The highest BCUT2D eigenvalue weighted by molar-refractivity contribution is 9.10. The van der Waals surface area contributed by atoms with Gasteiger partial charge in [0, 0.05) is 16.1 Å². The van der Waals surface area contributed by atoms with Gasteiger partial charge < -0.3 is 5.32 Å². The van der Waals surface area contributed by atoms with Crippen molar-refractivity contribution in [3.63, 3.8) is 0 Å². The second-order valence-corrected chi connectivity index (χ2v) is 7.88. The van der Waals surface area contributed by atoms with Gasteiger partial charge in [0.15, 0.2) is 0 Å². The summed E-state index contributed by atoms with van der Waals surface area (Å²) >= 11 is 3.56. The van der Waals surface area contributed by atoms with Gasteiger partial charge in [-0.15, -0.1) is 0 Å². The van der Waals surface area contributed by atoms with Gasteiger partial charge in [-0.2, -0.15) is 0 Å². The first-order chi connectivity index (χ1) is 11.8. The summed E-state index contributed by atoms with van der Waals surface area (Å²) in [6.07, 6.45) is 7.00. The lowest BCUT2D eigenvalue weighted by Gasteiger charge is -2.20. The molecule has 3 heteroatoms.